The first-order valence-electron chi connectivity index (χ1n) is 6.72. The molecule has 100 valence electrons. The zero-order chi connectivity index (χ0) is 13.0. The summed E-state index contributed by atoms with van der Waals surface area (Å²) in [6.45, 7) is 2.24. The molecule has 0 saturated heterocycles. The van der Waals surface area contributed by atoms with E-state index in [1.54, 1.807) is 0 Å². The third-order valence-electron chi connectivity index (χ3n) is 3.74. The maximum absolute atomic E-state index is 5.50. The second-order valence-corrected chi connectivity index (χ2v) is 6.59. The lowest BCUT2D eigenvalue weighted by Gasteiger charge is -2.29. The Morgan fingerprint density at radius 3 is 2.89 bits per heavy atom. The Morgan fingerprint density at radius 1 is 1.56 bits per heavy atom. The quantitative estimate of drug-likeness (QED) is 0.852. The predicted molar refractivity (Wildman–Crippen MR) is 83.2 cm³/mol. The minimum Gasteiger partial charge on any atom is -0.360 e. The van der Waals surface area contributed by atoms with Crippen LogP contribution in [0.15, 0.2) is 17.5 Å². The van der Waals surface area contributed by atoms with Gasteiger partial charge in [0, 0.05) is 30.4 Å². The van der Waals surface area contributed by atoms with Crippen molar-refractivity contribution >= 4 is 28.7 Å². The topological polar surface area (TPSA) is 15.3 Å². The lowest BCUT2D eigenvalue weighted by Crippen LogP contribution is -2.46. The van der Waals surface area contributed by atoms with Crippen LogP contribution < -0.4 is 5.32 Å². The van der Waals surface area contributed by atoms with Crippen LogP contribution in [0.3, 0.4) is 0 Å². The molecular formula is C14H22N2S2. The van der Waals surface area contributed by atoms with Gasteiger partial charge in [-0.1, -0.05) is 18.9 Å². The highest BCUT2D eigenvalue weighted by molar-refractivity contribution is 7.80. The molecule has 2 nitrogen and oxygen atoms in total. The molecule has 1 atom stereocenters. The van der Waals surface area contributed by atoms with E-state index in [4.69, 9.17) is 12.2 Å². The molecule has 0 aromatic carbocycles. The number of rotatable bonds is 4. The third kappa shape index (κ3) is 3.69. The SMILES string of the molecule is CC(Cc1cccs1)N(C)C(=S)NC1CCCC1. The average molecular weight is 282 g/mol. The van der Waals surface area contributed by atoms with Gasteiger partial charge in [0.25, 0.3) is 0 Å². The number of hydrogen-bond donors (Lipinski definition) is 1. The second kappa shape index (κ2) is 6.53. The van der Waals surface area contributed by atoms with Crippen molar-refractivity contribution < 1.29 is 0 Å². The van der Waals surface area contributed by atoms with Gasteiger partial charge in [-0.05, 0) is 43.4 Å². The molecule has 1 saturated carbocycles. The summed E-state index contributed by atoms with van der Waals surface area (Å²) in [5.74, 6) is 0. The van der Waals surface area contributed by atoms with Crippen molar-refractivity contribution in [2.24, 2.45) is 0 Å². The third-order valence-corrected chi connectivity index (χ3v) is 5.05. The summed E-state index contributed by atoms with van der Waals surface area (Å²) in [6, 6.07) is 5.36. The fourth-order valence-corrected chi connectivity index (χ4v) is 3.58. The van der Waals surface area contributed by atoms with Gasteiger partial charge >= 0.3 is 0 Å². The minimum absolute atomic E-state index is 0.449. The van der Waals surface area contributed by atoms with Gasteiger partial charge in [0.1, 0.15) is 0 Å². The summed E-state index contributed by atoms with van der Waals surface area (Å²) in [5.41, 5.74) is 0. The zero-order valence-corrected chi connectivity index (χ0v) is 12.8. The van der Waals surface area contributed by atoms with E-state index in [1.165, 1.54) is 30.6 Å². The summed E-state index contributed by atoms with van der Waals surface area (Å²) in [6.07, 6.45) is 6.30. The van der Waals surface area contributed by atoms with E-state index in [9.17, 15) is 0 Å². The molecule has 1 aromatic heterocycles. The largest absolute Gasteiger partial charge is 0.360 e. The van der Waals surface area contributed by atoms with Gasteiger partial charge in [-0.2, -0.15) is 0 Å². The Balaban J connectivity index is 1.81. The Hall–Kier alpha value is -0.610. The molecule has 0 aliphatic heterocycles. The molecule has 0 amide bonds. The maximum atomic E-state index is 5.50. The number of hydrogen-bond acceptors (Lipinski definition) is 2. The van der Waals surface area contributed by atoms with E-state index < -0.39 is 0 Å². The van der Waals surface area contributed by atoms with Crippen LogP contribution in [0.5, 0.6) is 0 Å². The summed E-state index contributed by atoms with van der Waals surface area (Å²) in [5, 5.41) is 6.54. The zero-order valence-electron chi connectivity index (χ0n) is 11.2. The highest BCUT2D eigenvalue weighted by Crippen LogP contribution is 2.18. The van der Waals surface area contributed by atoms with Crippen LogP contribution in [-0.4, -0.2) is 29.1 Å². The van der Waals surface area contributed by atoms with E-state index in [1.807, 2.05) is 11.3 Å². The monoisotopic (exact) mass is 282 g/mol. The first-order chi connectivity index (χ1) is 8.66. The highest BCUT2D eigenvalue weighted by Gasteiger charge is 2.19. The van der Waals surface area contributed by atoms with Gasteiger partial charge in [-0.15, -0.1) is 11.3 Å². The van der Waals surface area contributed by atoms with Crippen LogP contribution in [0.25, 0.3) is 0 Å². The van der Waals surface area contributed by atoms with Gasteiger partial charge in [-0.3, -0.25) is 0 Å². The van der Waals surface area contributed by atoms with E-state index in [0.29, 0.717) is 12.1 Å². The molecule has 2 rings (SSSR count). The molecule has 0 spiro atoms. The van der Waals surface area contributed by atoms with E-state index in [2.05, 4.69) is 41.7 Å². The van der Waals surface area contributed by atoms with Crippen molar-refractivity contribution in [2.75, 3.05) is 7.05 Å². The van der Waals surface area contributed by atoms with Crippen LogP contribution in [0.2, 0.25) is 0 Å². The molecule has 0 bridgehead atoms. The summed E-state index contributed by atoms with van der Waals surface area (Å²) in [4.78, 5) is 3.63. The summed E-state index contributed by atoms with van der Waals surface area (Å²) < 4.78 is 0. The van der Waals surface area contributed by atoms with Crippen molar-refractivity contribution in [3.05, 3.63) is 22.4 Å². The molecule has 1 aliphatic rings. The van der Waals surface area contributed by atoms with E-state index in [-0.39, 0.29) is 0 Å². The van der Waals surface area contributed by atoms with Gasteiger partial charge in [0.05, 0.1) is 0 Å². The highest BCUT2D eigenvalue weighted by atomic mass is 32.1. The Bertz CT molecular complexity index is 369. The first-order valence-corrected chi connectivity index (χ1v) is 8.01. The van der Waals surface area contributed by atoms with Crippen LogP contribution in [0.4, 0.5) is 0 Å². The number of nitrogens with zero attached hydrogens (tertiary/aromatic N) is 1. The molecule has 18 heavy (non-hydrogen) atoms. The molecule has 1 N–H and O–H groups in total. The van der Waals surface area contributed by atoms with Gasteiger partial charge in [-0.25, -0.2) is 0 Å². The van der Waals surface area contributed by atoms with E-state index in [0.717, 1.165) is 11.5 Å². The molecule has 1 unspecified atom stereocenters. The van der Waals surface area contributed by atoms with Gasteiger partial charge in [0.2, 0.25) is 0 Å². The first kappa shape index (κ1) is 13.8. The molecule has 0 radical (unpaired) electrons. The number of thiocarbonyl (C=S) groups is 1. The number of thiophene rings is 1. The lowest BCUT2D eigenvalue weighted by molar-refractivity contribution is 0.377. The van der Waals surface area contributed by atoms with Crippen LogP contribution in [-0.2, 0) is 6.42 Å². The predicted octanol–water partition coefficient (Wildman–Crippen LogP) is 3.43. The Kier molecular flexibility index (Phi) is 5.01. The van der Waals surface area contributed by atoms with Gasteiger partial charge < -0.3 is 10.2 Å². The second-order valence-electron chi connectivity index (χ2n) is 5.17. The van der Waals surface area contributed by atoms with Crippen LogP contribution in [0.1, 0.15) is 37.5 Å². The number of nitrogens with one attached hydrogen (secondary N) is 1. The molecule has 1 aliphatic carbocycles. The van der Waals surface area contributed by atoms with Gasteiger partial charge in [0.15, 0.2) is 5.11 Å². The van der Waals surface area contributed by atoms with Crippen LogP contribution >= 0.6 is 23.6 Å². The lowest BCUT2D eigenvalue weighted by atomic mass is 10.2. The molecular weight excluding hydrogens is 260 g/mol. The molecule has 1 fully saturated rings. The summed E-state index contributed by atoms with van der Waals surface area (Å²) in [7, 11) is 2.10. The fraction of sp³-hybridized carbons (Fsp3) is 0.643. The Labute approximate surface area is 119 Å². The Morgan fingerprint density at radius 2 is 2.28 bits per heavy atom. The van der Waals surface area contributed by atoms with Crippen molar-refractivity contribution in [2.45, 2.75) is 51.1 Å². The van der Waals surface area contributed by atoms with Crippen molar-refractivity contribution in [3.8, 4) is 0 Å². The van der Waals surface area contributed by atoms with Crippen molar-refractivity contribution in [1.82, 2.24) is 10.2 Å². The molecule has 1 aromatic rings. The number of likely N-dealkylation sites (N-methyl/N-ethyl adjacent to an activating group) is 1. The molecule has 4 heteroatoms. The minimum atomic E-state index is 0.449. The van der Waals surface area contributed by atoms with Crippen molar-refractivity contribution in [1.29, 1.82) is 0 Å². The standard InChI is InChI=1S/C14H22N2S2/c1-11(10-13-8-5-9-18-13)16(2)14(17)15-12-6-3-4-7-12/h5,8-9,11-12H,3-4,6-7,10H2,1-2H3,(H,15,17). The van der Waals surface area contributed by atoms with Crippen molar-refractivity contribution in [3.63, 3.8) is 0 Å². The summed E-state index contributed by atoms with van der Waals surface area (Å²) >= 11 is 7.33. The normalized spacial score (nSPS) is 17.7. The maximum Gasteiger partial charge on any atom is 0.169 e. The smallest absolute Gasteiger partial charge is 0.169 e. The van der Waals surface area contributed by atoms with Crippen LogP contribution in [0, 0.1) is 0 Å². The fourth-order valence-electron chi connectivity index (χ4n) is 2.40. The molecule has 1 heterocycles. The average Bonchev–Trinajstić information content (AvgIpc) is 3.01. The van der Waals surface area contributed by atoms with E-state index >= 15 is 0 Å².